The van der Waals surface area contributed by atoms with Gasteiger partial charge < -0.3 is 9.88 Å². The SMILES string of the molecule is C=C/C(=C\C=C/C)c1cn(CCCNC(=O)C2CCCCCCCC2)c2cnc(CC)cc12. The highest BCUT2D eigenvalue weighted by Gasteiger charge is 2.18. The number of aryl methyl sites for hydroxylation is 2. The average molecular weight is 448 g/mol. The fraction of sp³-hybridized carbons (Fsp3) is 0.517. The third-order valence-corrected chi connectivity index (χ3v) is 6.79. The Hall–Kier alpha value is -2.62. The molecule has 0 aliphatic heterocycles. The van der Waals surface area contributed by atoms with Crippen LogP contribution in [-0.2, 0) is 17.8 Å². The van der Waals surface area contributed by atoms with Crippen molar-refractivity contribution in [2.24, 2.45) is 5.92 Å². The lowest BCUT2D eigenvalue weighted by Crippen LogP contribution is -2.32. The Labute approximate surface area is 199 Å². The van der Waals surface area contributed by atoms with E-state index in [1.807, 2.05) is 25.3 Å². The fourth-order valence-electron chi connectivity index (χ4n) is 4.81. The van der Waals surface area contributed by atoms with Gasteiger partial charge in [-0.15, -0.1) is 0 Å². The number of fused-ring (bicyclic) bond motifs is 1. The molecule has 178 valence electrons. The molecule has 0 spiro atoms. The van der Waals surface area contributed by atoms with Crippen LogP contribution in [0.4, 0.5) is 0 Å². The summed E-state index contributed by atoms with van der Waals surface area (Å²) in [5, 5.41) is 4.44. The molecule has 0 saturated heterocycles. The number of carbonyl (C=O) groups excluding carboxylic acids is 1. The summed E-state index contributed by atoms with van der Waals surface area (Å²) < 4.78 is 2.27. The second-order valence-electron chi connectivity index (χ2n) is 9.17. The number of hydrogen-bond donors (Lipinski definition) is 1. The normalized spacial score (nSPS) is 16.5. The van der Waals surface area contributed by atoms with E-state index in [0.717, 1.165) is 49.0 Å². The van der Waals surface area contributed by atoms with E-state index in [9.17, 15) is 4.79 Å². The van der Waals surface area contributed by atoms with Gasteiger partial charge in [0.2, 0.25) is 5.91 Å². The summed E-state index contributed by atoms with van der Waals surface area (Å²) >= 11 is 0. The molecule has 1 amide bonds. The Morgan fingerprint density at radius 3 is 2.61 bits per heavy atom. The molecule has 0 bridgehead atoms. The van der Waals surface area contributed by atoms with E-state index in [1.165, 1.54) is 49.5 Å². The second kappa shape index (κ2) is 13.2. The van der Waals surface area contributed by atoms with E-state index >= 15 is 0 Å². The highest BCUT2D eigenvalue weighted by atomic mass is 16.1. The maximum absolute atomic E-state index is 12.7. The number of nitrogens with zero attached hydrogens (tertiary/aromatic N) is 2. The zero-order chi connectivity index (χ0) is 23.5. The number of aromatic nitrogens is 2. The lowest BCUT2D eigenvalue weighted by molar-refractivity contribution is -0.125. The van der Waals surface area contributed by atoms with Gasteiger partial charge >= 0.3 is 0 Å². The molecule has 2 aromatic rings. The van der Waals surface area contributed by atoms with E-state index in [4.69, 9.17) is 0 Å². The van der Waals surface area contributed by atoms with Crippen LogP contribution in [0.3, 0.4) is 0 Å². The summed E-state index contributed by atoms with van der Waals surface area (Å²) in [6, 6.07) is 2.20. The maximum atomic E-state index is 12.7. The van der Waals surface area contributed by atoms with Gasteiger partial charge in [0.15, 0.2) is 0 Å². The monoisotopic (exact) mass is 447 g/mol. The van der Waals surface area contributed by atoms with Crippen LogP contribution in [0.5, 0.6) is 0 Å². The molecule has 1 aliphatic carbocycles. The Kier molecular flexibility index (Phi) is 9.99. The molecule has 1 saturated carbocycles. The quantitative estimate of drug-likeness (QED) is 0.332. The predicted octanol–water partition coefficient (Wildman–Crippen LogP) is 7.00. The van der Waals surface area contributed by atoms with Gasteiger partial charge in [-0.1, -0.05) is 76.3 Å². The topological polar surface area (TPSA) is 46.9 Å². The van der Waals surface area contributed by atoms with Gasteiger partial charge in [0.25, 0.3) is 0 Å². The van der Waals surface area contributed by atoms with E-state index in [2.05, 4.69) is 52.8 Å². The molecule has 2 aromatic heterocycles. The average Bonchev–Trinajstić information content (AvgIpc) is 3.26. The fourth-order valence-corrected chi connectivity index (χ4v) is 4.81. The highest BCUT2D eigenvalue weighted by Crippen LogP contribution is 2.29. The van der Waals surface area contributed by atoms with Crippen molar-refractivity contribution < 1.29 is 4.79 Å². The first-order valence-electron chi connectivity index (χ1n) is 12.9. The van der Waals surface area contributed by atoms with E-state index in [1.54, 1.807) is 0 Å². The van der Waals surface area contributed by atoms with Crippen LogP contribution < -0.4 is 5.32 Å². The minimum absolute atomic E-state index is 0.200. The summed E-state index contributed by atoms with van der Waals surface area (Å²) in [4.78, 5) is 17.4. The highest BCUT2D eigenvalue weighted by molar-refractivity contribution is 5.95. The summed E-state index contributed by atoms with van der Waals surface area (Å²) in [5.41, 5.74) is 4.53. The molecule has 0 radical (unpaired) electrons. The summed E-state index contributed by atoms with van der Waals surface area (Å²) in [5.74, 6) is 0.457. The van der Waals surface area contributed by atoms with Crippen LogP contribution in [0.1, 0.15) is 82.9 Å². The number of rotatable bonds is 9. The van der Waals surface area contributed by atoms with Gasteiger partial charge in [0.1, 0.15) is 0 Å². The van der Waals surface area contributed by atoms with Crippen molar-refractivity contribution in [2.45, 2.75) is 84.6 Å². The summed E-state index contributed by atoms with van der Waals surface area (Å²) in [7, 11) is 0. The van der Waals surface area contributed by atoms with E-state index in [0.29, 0.717) is 6.54 Å². The summed E-state index contributed by atoms with van der Waals surface area (Å²) in [6.45, 7) is 9.75. The lowest BCUT2D eigenvalue weighted by Gasteiger charge is -2.16. The zero-order valence-electron chi connectivity index (χ0n) is 20.6. The van der Waals surface area contributed by atoms with Crippen molar-refractivity contribution in [2.75, 3.05) is 6.54 Å². The van der Waals surface area contributed by atoms with E-state index < -0.39 is 0 Å². The third-order valence-electron chi connectivity index (χ3n) is 6.79. The molecular formula is C29H41N3O. The predicted molar refractivity (Wildman–Crippen MR) is 140 cm³/mol. The Balaban J connectivity index is 1.67. The zero-order valence-corrected chi connectivity index (χ0v) is 20.6. The van der Waals surface area contributed by atoms with Crippen LogP contribution in [0.2, 0.25) is 0 Å². The molecule has 0 atom stereocenters. The molecule has 4 heteroatoms. The number of hydrogen-bond acceptors (Lipinski definition) is 2. The van der Waals surface area contributed by atoms with E-state index in [-0.39, 0.29) is 11.8 Å². The minimum Gasteiger partial charge on any atom is -0.356 e. The first-order valence-corrected chi connectivity index (χ1v) is 12.9. The van der Waals surface area contributed by atoms with Crippen molar-refractivity contribution in [1.82, 2.24) is 14.9 Å². The van der Waals surface area contributed by atoms with Gasteiger partial charge in [-0.25, -0.2) is 0 Å². The van der Waals surface area contributed by atoms with Gasteiger partial charge in [0, 0.05) is 41.8 Å². The molecule has 33 heavy (non-hydrogen) atoms. The van der Waals surface area contributed by atoms with Crippen LogP contribution in [0, 0.1) is 5.92 Å². The van der Waals surface area contributed by atoms with Crippen LogP contribution >= 0.6 is 0 Å². The summed E-state index contributed by atoms with van der Waals surface area (Å²) in [6.07, 6.45) is 23.8. The molecular weight excluding hydrogens is 406 g/mol. The molecule has 3 rings (SSSR count). The first-order chi connectivity index (χ1) is 16.2. The Bertz CT molecular complexity index is 972. The number of carbonyl (C=O) groups is 1. The third kappa shape index (κ3) is 6.93. The second-order valence-corrected chi connectivity index (χ2v) is 9.17. The van der Waals surface area contributed by atoms with Crippen molar-refractivity contribution in [1.29, 1.82) is 0 Å². The number of pyridine rings is 1. The molecule has 1 aliphatic rings. The largest absolute Gasteiger partial charge is 0.356 e. The standard InChI is InChI=1S/C29H41N3O/c1-4-7-15-23(5-2)27-22-32(28-21-31-25(6-3)20-26(27)28)19-14-18-30-29(33)24-16-12-10-8-9-11-13-17-24/h4-5,7,15,20-22,24H,2,6,8-14,16-19H2,1,3H3,(H,30,33)/b7-4-,23-15+. The molecule has 1 fully saturated rings. The van der Waals surface area contributed by atoms with Crippen LogP contribution in [-0.4, -0.2) is 22.0 Å². The first kappa shape index (κ1) is 25.0. The molecule has 0 unspecified atom stereocenters. The lowest BCUT2D eigenvalue weighted by atomic mass is 9.96. The van der Waals surface area contributed by atoms with Crippen molar-refractivity contribution >= 4 is 22.4 Å². The Morgan fingerprint density at radius 1 is 1.21 bits per heavy atom. The van der Waals surface area contributed by atoms with Crippen LogP contribution in [0.15, 0.2) is 49.3 Å². The van der Waals surface area contributed by atoms with Gasteiger partial charge in [-0.2, -0.15) is 0 Å². The number of allylic oxidation sites excluding steroid dienone is 5. The molecule has 4 nitrogen and oxygen atoms in total. The smallest absolute Gasteiger partial charge is 0.223 e. The maximum Gasteiger partial charge on any atom is 0.223 e. The minimum atomic E-state index is 0.200. The van der Waals surface area contributed by atoms with Gasteiger partial charge in [0.05, 0.1) is 11.7 Å². The van der Waals surface area contributed by atoms with Gasteiger partial charge in [-0.3, -0.25) is 9.78 Å². The molecule has 1 N–H and O–H groups in total. The Morgan fingerprint density at radius 2 is 1.94 bits per heavy atom. The molecule has 2 heterocycles. The van der Waals surface area contributed by atoms with Crippen molar-refractivity contribution in [3.8, 4) is 0 Å². The number of nitrogens with one attached hydrogen (secondary N) is 1. The molecule has 0 aromatic carbocycles. The van der Waals surface area contributed by atoms with Crippen LogP contribution in [0.25, 0.3) is 16.5 Å². The van der Waals surface area contributed by atoms with Crippen molar-refractivity contribution in [3.05, 3.63) is 60.6 Å². The van der Waals surface area contributed by atoms with Gasteiger partial charge in [-0.05, 0) is 44.2 Å². The van der Waals surface area contributed by atoms with Crippen molar-refractivity contribution in [3.63, 3.8) is 0 Å². The number of amides is 1.